The predicted octanol–water partition coefficient (Wildman–Crippen LogP) is 1.46. The zero-order chi connectivity index (χ0) is 15.2. The highest BCUT2D eigenvalue weighted by molar-refractivity contribution is 5.95. The number of likely N-dealkylation sites (tertiary alicyclic amines) is 1. The molecule has 6 heteroatoms. The zero-order valence-corrected chi connectivity index (χ0v) is 12.1. The van der Waals surface area contributed by atoms with Gasteiger partial charge in [-0.05, 0) is 43.5 Å². The molecule has 114 valence electrons. The summed E-state index contributed by atoms with van der Waals surface area (Å²) in [6.45, 7) is 3.91. The van der Waals surface area contributed by atoms with Gasteiger partial charge in [0.1, 0.15) is 5.82 Å². The van der Waals surface area contributed by atoms with Crippen LogP contribution in [0.4, 0.5) is 9.18 Å². The van der Waals surface area contributed by atoms with Crippen LogP contribution in [-0.4, -0.2) is 43.0 Å². The topological polar surface area (TPSA) is 61.4 Å². The number of halogens is 1. The number of hydrogen-bond acceptors (Lipinski definition) is 3. The highest BCUT2D eigenvalue weighted by atomic mass is 19.1. The number of nitrogens with zero attached hydrogens (tertiary/aromatic N) is 1. The average Bonchev–Trinajstić information content (AvgIpc) is 2.87. The van der Waals surface area contributed by atoms with Gasteiger partial charge in [-0.1, -0.05) is 12.1 Å². The van der Waals surface area contributed by atoms with E-state index in [2.05, 4.69) is 10.6 Å². The van der Waals surface area contributed by atoms with E-state index in [-0.39, 0.29) is 24.2 Å². The quantitative estimate of drug-likeness (QED) is 0.883. The molecule has 0 aliphatic carbocycles. The van der Waals surface area contributed by atoms with Crippen LogP contribution < -0.4 is 10.6 Å². The molecule has 0 aromatic heterocycles. The minimum atomic E-state index is -0.469. The first-order chi connectivity index (χ1) is 10.1. The summed E-state index contributed by atoms with van der Waals surface area (Å²) in [5.74, 6) is -0.321. The molecule has 2 N–H and O–H groups in total. The Kier molecular flexibility index (Phi) is 5.27. The van der Waals surface area contributed by atoms with Crippen molar-refractivity contribution < 1.29 is 14.0 Å². The van der Waals surface area contributed by atoms with Crippen molar-refractivity contribution in [1.82, 2.24) is 15.5 Å². The molecule has 1 aromatic rings. The molecule has 0 spiro atoms. The van der Waals surface area contributed by atoms with Gasteiger partial charge in [-0.2, -0.15) is 0 Å². The second kappa shape index (κ2) is 7.17. The summed E-state index contributed by atoms with van der Waals surface area (Å²) in [5.41, 5.74) is 0.960. The largest absolute Gasteiger partial charge is 0.338 e. The summed E-state index contributed by atoms with van der Waals surface area (Å²) in [5, 5.41) is 4.79. The van der Waals surface area contributed by atoms with Crippen molar-refractivity contribution >= 4 is 11.9 Å². The van der Waals surface area contributed by atoms with E-state index in [0.29, 0.717) is 13.1 Å². The molecule has 2 rings (SSSR count). The predicted molar refractivity (Wildman–Crippen MR) is 77.4 cm³/mol. The smallest absolute Gasteiger partial charge is 0.321 e. The summed E-state index contributed by atoms with van der Waals surface area (Å²) in [7, 11) is 0. The summed E-state index contributed by atoms with van der Waals surface area (Å²) in [4.78, 5) is 24.9. The van der Waals surface area contributed by atoms with Crippen LogP contribution in [-0.2, 0) is 4.79 Å². The van der Waals surface area contributed by atoms with Gasteiger partial charge in [-0.3, -0.25) is 15.0 Å². The van der Waals surface area contributed by atoms with E-state index in [9.17, 15) is 14.0 Å². The Balaban J connectivity index is 1.82. The Hall–Kier alpha value is -1.95. The molecular weight excluding hydrogens is 273 g/mol. The first-order valence-corrected chi connectivity index (χ1v) is 7.14. The van der Waals surface area contributed by atoms with Gasteiger partial charge >= 0.3 is 6.03 Å². The average molecular weight is 293 g/mol. The fourth-order valence-electron chi connectivity index (χ4n) is 2.58. The monoisotopic (exact) mass is 293 g/mol. The van der Waals surface area contributed by atoms with Gasteiger partial charge in [0.2, 0.25) is 5.91 Å². The third-order valence-corrected chi connectivity index (χ3v) is 3.55. The first kappa shape index (κ1) is 15.4. The lowest BCUT2D eigenvalue weighted by Crippen LogP contribution is -2.44. The van der Waals surface area contributed by atoms with Crippen molar-refractivity contribution in [2.45, 2.75) is 19.3 Å². The fraction of sp³-hybridized carbons (Fsp3) is 0.467. The zero-order valence-electron chi connectivity index (χ0n) is 12.1. The van der Waals surface area contributed by atoms with Gasteiger partial charge in [0.05, 0.1) is 6.54 Å². The molecule has 1 fully saturated rings. The van der Waals surface area contributed by atoms with Crippen molar-refractivity contribution in [3.05, 3.63) is 35.6 Å². The molecule has 1 aliphatic heterocycles. The lowest BCUT2D eigenvalue weighted by Gasteiger charge is -2.15. The Morgan fingerprint density at radius 1 is 1.43 bits per heavy atom. The second-order valence-corrected chi connectivity index (χ2v) is 5.18. The van der Waals surface area contributed by atoms with Crippen LogP contribution in [0.1, 0.15) is 24.8 Å². The van der Waals surface area contributed by atoms with E-state index in [1.165, 1.54) is 6.07 Å². The first-order valence-electron chi connectivity index (χ1n) is 7.14. The molecule has 1 aliphatic rings. The van der Waals surface area contributed by atoms with Gasteiger partial charge in [0.25, 0.3) is 0 Å². The van der Waals surface area contributed by atoms with Crippen LogP contribution in [0, 0.1) is 5.82 Å². The molecule has 0 saturated carbocycles. The summed E-state index contributed by atoms with van der Waals surface area (Å²) >= 11 is 0. The Bertz CT molecular complexity index is 521. The Morgan fingerprint density at radius 2 is 2.24 bits per heavy atom. The maximum absolute atomic E-state index is 13.2. The van der Waals surface area contributed by atoms with Crippen molar-refractivity contribution in [2.75, 3.05) is 26.2 Å². The number of carbonyl (C=O) groups is 2. The fourth-order valence-corrected chi connectivity index (χ4v) is 2.58. The van der Waals surface area contributed by atoms with Crippen molar-refractivity contribution in [3.63, 3.8) is 0 Å². The highest BCUT2D eigenvalue weighted by Crippen LogP contribution is 2.27. The van der Waals surface area contributed by atoms with Gasteiger partial charge in [-0.25, -0.2) is 9.18 Å². The SMILES string of the molecule is CCNC(=O)NC(=O)CN1CC[C@@H](c2cccc(F)c2)C1. The number of nitrogens with one attached hydrogen (secondary N) is 2. The van der Waals surface area contributed by atoms with Crippen molar-refractivity contribution in [2.24, 2.45) is 0 Å². The lowest BCUT2D eigenvalue weighted by atomic mass is 9.98. The third-order valence-electron chi connectivity index (χ3n) is 3.55. The minimum Gasteiger partial charge on any atom is -0.338 e. The Labute approximate surface area is 123 Å². The van der Waals surface area contributed by atoms with E-state index < -0.39 is 6.03 Å². The molecule has 1 saturated heterocycles. The van der Waals surface area contributed by atoms with Crippen LogP contribution in [0.3, 0.4) is 0 Å². The number of urea groups is 1. The standard InChI is InChI=1S/C15H20FN3O2/c1-2-17-15(21)18-14(20)10-19-7-6-12(9-19)11-4-3-5-13(16)8-11/h3-5,8,12H,2,6-7,9-10H2,1H3,(H2,17,18,20,21)/t12-/m1/s1. The van der Waals surface area contributed by atoms with E-state index in [4.69, 9.17) is 0 Å². The molecular formula is C15H20FN3O2. The van der Waals surface area contributed by atoms with Crippen LogP contribution in [0.25, 0.3) is 0 Å². The van der Waals surface area contributed by atoms with E-state index >= 15 is 0 Å². The number of benzene rings is 1. The molecule has 1 heterocycles. The summed E-state index contributed by atoms with van der Waals surface area (Å²) in [6, 6.07) is 6.11. The normalized spacial score (nSPS) is 18.5. The number of imide groups is 1. The highest BCUT2D eigenvalue weighted by Gasteiger charge is 2.25. The number of rotatable bonds is 4. The molecule has 3 amide bonds. The van der Waals surface area contributed by atoms with E-state index in [1.807, 2.05) is 11.0 Å². The third kappa shape index (κ3) is 4.53. The molecule has 1 atom stereocenters. The maximum atomic E-state index is 13.2. The van der Waals surface area contributed by atoms with Gasteiger partial charge in [0.15, 0.2) is 0 Å². The molecule has 0 bridgehead atoms. The number of carbonyl (C=O) groups excluding carboxylic acids is 2. The van der Waals surface area contributed by atoms with Gasteiger partial charge < -0.3 is 5.32 Å². The molecule has 0 unspecified atom stereocenters. The number of amides is 3. The number of hydrogen-bond donors (Lipinski definition) is 2. The second-order valence-electron chi connectivity index (χ2n) is 5.18. The van der Waals surface area contributed by atoms with Gasteiger partial charge in [0, 0.05) is 13.1 Å². The summed E-state index contributed by atoms with van der Waals surface area (Å²) < 4.78 is 13.2. The van der Waals surface area contributed by atoms with Crippen LogP contribution in [0.2, 0.25) is 0 Å². The van der Waals surface area contributed by atoms with Crippen LogP contribution >= 0.6 is 0 Å². The van der Waals surface area contributed by atoms with Crippen LogP contribution in [0.15, 0.2) is 24.3 Å². The molecule has 21 heavy (non-hydrogen) atoms. The lowest BCUT2D eigenvalue weighted by molar-refractivity contribution is -0.120. The minimum absolute atomic E-state index is 0.183. The Morgan fingerprint density at radius 3 is 2.95 bits per heavy atom. The van der Waals surface area contributed by atoms with E-state index in [1.54, 1.807) is 19.1 Å². The molecule has 0 radical (unpaired) electrons. The van der Waals surface area contributed by atoms with E-state index in [0.717, 1.165) is 18.5 Å². The maximum Gasteiger partial charge on any atom is 0.321 e. The van der Waals surface area contributed by atoms with Gasteiger partial charge in [-0.15, -0.1) is 0 Å². The molecule has 1 aromatic carbocycles. The summed E-state index contributed by atoms with van der Waals surface area (Å²) in [6.07, 6.45) is 0.887. The van der Waals surface area contributed by atoms with Crippen molar-refractivity contribution in [3.8, 4) is 0 Å². The molecule has 5 nitrogen and oxygen atoms in total. The van der Waals surface area contributed by atoms with Crippen molar-refractivity contribution in [1.29, 1.82) is 0 Å². The van der Waals surface area contributed by atoms with Crippen LogP contribution in [0.5, 0.6) is 0 Å².